The van der Waals surface area contributed by atoms with Gasteiger partial charge in [-0.05, 0) is 42.2 Å². The third-order valence-corrected chi connectivity index (χ3v) is 2.49. The number of rotatable bonds is 3. The maximum atomic E-state index is 13.1. The fraction of sp³-hybridized carbons (Fsp3) is 0.300. The maximum absolute atomic E-state index is 13.1. The molecule has 0 aliphatic rings. The monoisotopic (exact) mass is 274 g/mol. The predicted molar refractivity (Wildman–Crippen MR) is 61.3 cm³/mol. The molecular weight excluding hydrogens is 263 g/mol. The molecule has 0 atom stereocenters. The molecule has 0 unspecified atom stereocenters. The van der Waals surface area contributed by atoms with Crippen LogP contribution in [0.15, 0.2) is 22.7 Å². The van der Waals surface area contributed by atoms with E-state index in [1.165, 1.54) is 6.07 Å². The van der Waals surface area contributed by atoms with Gasteiger partial charge in [0.15, 0.2) is 0 Å². The summed E-state index contributed by atoms with van der Waals surface area (Å²) in [7, 11) is 3.58. The van der Waals surface area contributed by atoms with E-state index in [2.05, 4.69) is 21.2 Å². The second-order valence-corrected chi connectivity index (χ2v) is 4.18. The summed E-state index contributed by atoms with van der Waals surface area (Å²) in [4.78, 5) is 13.1. The first-order valence-electron chi connectivity index (χ1n) is 4.39. The molecule has 0 aliphatic carbocycles. The Hall–Kier alpha value is -0.940. The van der Waals surface area contributed by atoms with Crippen molar-refractivity contribution in [3.8, 4) is 0 Å². The fourth-order valence-corrected chi connectivity index (χ4v) is 1.44. The van der Waals surface area contributed by atoms with Gasteiger partial charge in [0, 0.05) is 0 Å². The van der Waals surface area contributed by atoms with Gasteiger partial charge in [0.2, 0.25) is 5.91 Å². The second-order valence-electron chi connectivity index (χ2n) is 3.39. The third-order valence-electron chi connectivity index (χ3n) is 1.69. The molecule has 82 valence electrons. The number of likely N-dealkylation sites (N-methyl/N-ethyl adjacent to an activating group) is 1. The van der Waals surface area contributed by atoms with Crippen molar-refractivity contribution in [3.63, 3.8) is 0 Å². The minimum atomic E-state index is -0.391. The minimum absolute atomic E-state index is 0.175. The Kier molecular flexibility index (Phi) is 4.23. The zero-order valence-corrected chi connectivity index (χ0v) is 10.1. The van der Waals surface area contributed by atoms with E-state index in [1.54, 1.807) is 31.1 Å². The maximum Gasteiger partial charge on any atom is 0.238 e. The van der Waals surface area contributed by atoms with Gasteiger partial charge in [0.25, 0.3) is 0 Å². The van der Waals surface area contributed by atoms with E-state index in [0.717, 1.165) is 0 Å². The summed E-state index contributed by atoms with van der Waals surface area (Å²) in [5.41, 5.74) is 0.446. The number of amides is 1. The zero-order valence-electron chi connectivity index (χ0n) is 8.55. The van der Waals surface area contributed by atoms with Gasteiger partial charge in [-0.1, -0.05) is 6.07 Å². The van der Waals surface area contributed by atoms with Gasteiger partial charge in [-0.2, -0.15) is 0 Å². The molecule has 3 nitrogen and oxygen atoms in total. The smallest absolute Gasteiger partial charge is 0.238 e. The molecule has 0 aromatic heterocycles. The SMILES string of the molecule is CN(C)CC(=O)Nc1cccc(F)c1Br. The van der Waals surface area contributed by atoms with E-state index in [0.29, 0.717) is 5.69 Å². The topological polar surface area (TPSA) is 32.3 Å². The number of hydrogen-bond donors (Lipinski definition) is 1. The molecule has 5 heteroatoms. The highest BCUT2D eigenvalue weighted by Gasteiger charge is 2.08. The Balaban J connectivity index is 2.73. The van der Waals surface area contributed by atoms with Crippen LogP contribution < -0.4 is 5.32 Å². The molecule has 1 aromatic rings. The molecular formula is C10H12BrFN2O. The van der Waals surface area contributed by atoms with E-state index in [1.807, 2.05) is 0 Å². The summed E-state index contributed by atoms with van der Waals surface area (Å²) in [6.07, 6.45) is 0. The highest BCUT2D eigenvalue weighted by molar-refractivity contribution is 9.10. The van der Waals surface area contributed by atoms with Crippen molar-refractivity contribution >= 4 is 27.5 Å². The van der Waals surface area contributed by atoms with Crippen LogP contribution in [-0.2, 0) is 4.79 Å². The van der Waals surface area contributed by atoms with Gasteiger partial charge in [0.1, 0.15) is 5.82 Å². The number of halogens is 2. The molecule has 0 spiro atoms. The van der Waals surface area contributed by atoms with Crippen LogP contribution in [0.4, 0.5) is 10.1 Å². The number of nitrogens with zero attached hydrogens (tertiary/aromatic N) is 1. The quantitative estimate of drug-likeness (QED) is 0.916. The van der Waals surface area contributed by atoms with E-state index >= 15 is 0 Å². The molecule has 1 N–H and O–H groups in total. The first kappa shape index (κ1) is 12.1. The Morgan fingerprint density at radius 2 is 2.20 bits per heavy atom. The average molecular weight is 275 g/mol. The molecule has 15 heavy (non-hydrogen) atoms. The van der Waals surface area contributed by atoms with Crippen LogP contribution in [0.3, 0.4) is 0 Å². The van der Waals surface area contributed by atoms with E-state index in [4.69, 9.17) is 0 Å². The molecule has 0 radical (unpaired) electrons. The Labute approximate surface area is 96.4 Å². The molecule has 1 rings (SSSR count). The van der Waals surface area contributed by atoms with Gasteiger partial charge >= 0.3 is 0 Å². The van der Waals surface area contributed by atoms with Crippen molar-refractivity contribution in [2.45, 2.75) is 0 Å². The summed E-state index contributed by atoms with van der Waals surface area (Å²) < 4.78 is 13.4. The lowest BCUT2D eigenvalue weighted by Crippen LogP contribution is -2.27. The molecule has 0 saturated heterocycles. The number of hydrogen-bond acceptors (Lipinski definition) is 2. The number of anilines is 1. The van der Waals surface area contributed by atoms with Gasteiger partial charge in [-0.25, -0.2) is 4.39 Å². The lowest BCUT2D eigenvalue weighted by molar-refractivity contribution is -0.116. The van der Waals surface area contributed by atoms with Gasteiger partial charge in [-0.15, -0.1) is 0 Å². The van der Waals surface area contributed by atoms with Gasteiger partial charge in [-0.3, -0.25) is 4.79 Å². The molecule has 0 bridgehead atoms. The lowest BCUT2D eigenvalue weighted by atomic mass is 10.3. The van der Waals surface area contributed by atoms with Crippen molar-refractivity contribution < 1.29 is 9.18 Å². The summed E-state index contributed by atoms with van der Waals surface area (Å²) in [5.74, 6) is -0.566. The highest BCUT2D eigenvalue weighted by Crippen LogP contribution is 2.24. The normalized spacial score (nSPS) is 10.5. The van der Waals surface area contributed by atoms with Crippen molar-refractivity contribution in [2.75, 3.05) is 26.0 Å². The largest absolute Gasteiger partial charge is 0.324 e. The van der Waals surface area contributed by atoms with Crippen molar-refractivity contribution in [2.24, 2.45) is 0 Å². The van der Waals surface area contributed by atoms with Crippen LogP contribution in [0.2, 0.25) is 0 Å². The predicted octanol–water partition coefficient (Wildman–Crippen LogP) is 2.09. The van der Waals surface area contributed by atoms with Crippen LogP contribution in [0.5, 0.6) is 0 Å². The van der Waals surface area contributed by atoms with E-state index < -0.39 is 5.82 Å². The summed E-state index contributed by atoms with van der Waals surface area (Å²) >= 11 is 3.07. The Morgan fingerprint density at radius 1 is 1.53 bits per heavy atom. The van der Waals surface area contributed by atoms with Crippen molar-refractivity contribution in [1.29, 1.82) is 0 Å². The number of carbonyl (C=O) groups is 1. The second kappa shape index (κ2) is 5.23. The molecule has 0 saturated carbocycles. The third kappa shape index (κ3) is 3.60. The molecule has 0 fully saturated rings. The van der Waals surface area contributed by atoms with E-state index in [-0.39, 0.29) is 16.9 Å². The number of carbonyl (C=O) groups excluding carboxylic acids is 1. The van der Waals surface area contributed by atoms with Crippen LogP contribution in [0.1, 0.15) is 0 Å². The fourth-order valence-electron chi connectivity index (χ4n) is 1.08. The number of nitrogens with one attached hydrogen (secondary N) is 1. The van der Waals surface area contributed by atoms with Crippen LogP contribution in [0, 0.1) is 5.82 Å². The summed E-state index contributed by atoms with van der Waals surface area (Å²) in [6.45, 7) is 0.267. The standard InChI is InChI=1S/C10H12BrFN2O/c1-14(2)6-9(15)13-8-5-3-4-7(12)10(8)11/h3-5H,6H2,1-2H3,(H,13,15). The first-order chi connectivity index (χ1) is 7.00. The average Bonchev–Trinajstić information content (AvgIpc) is 2.11. The molecule has 1 amide bonds. The molecule has 0 aliphatic heterocycles. The molecule has 0 heterocycles. The highest BCUT2D eigenvalue weighted by atomic mass is 79.9. The van der Waals surface area contributed by atoms with E-state index in [9.17, 15) is 9.18 Å². The summed E-state index contributed by atoms with van der Waals surface area (Å²) in [6, 6.07) is 4.51. The molecule has 1 aromatic carbocycles. The first-order valence-corrected chi connectivity index (χ1v) is 5.18. The van der Waals surface area contributed by atoms with Crippen molar-refractivity contribution in [1.82, 2.24) is 4.90 Å². The van der Waals surface area contributed by atoms with Gasteiger partial charge < -0.3 is 10.2 Å². The Morgan fingerprint density at radius 3 is 2.80 bits per heavy atom. The van der Waals surface area contributed by atoms with Crippen LogP contribution in [0.25, 0.3) is 0 Å². The van der Waals surface area contributed by atoms with Crippen LogP contribution in [-0.4, -0.2) is 31.4 Å². The lowest BCUT2D eigenvalue weighted by Gasteiger charge is -2.11. The van der Waals surface area contributed by atoms with Crippen LogP contribution >= 0.6 is 15.9 Å². The summed E-state index contributed by atoms with van der Waals surface area (Å²) in [5, 5.41) is 2.61. The number of benzene rings is 1. The van der Waals surface area contributed by atoms with Gasteiger partial charge in [0.05, 0.1) is 16.7 Å². The zero-order chi connectivity index (χ0) is 11.4. The Bertz CT molecular complexity index is 368. The minimum Gasteiger partial charge on any atom is -0.324 e. The van der Waals surface area contributed by atoms with Crippen molar-refractivity contribution in [3.05, 3.63) is 28.5 Å².